The molecular weight excluding hydrogens is 304 g/mol. The summed E-state index contributed by atoms with van der Waals surface area (Å²) < 4.78 is 26.0. The van der Waals surface area contributed by atoms with E-state index in [4.69, 9.17) is 23.7 Å². The van der Waals surface area contributed by atoms with Gasteiger partial charge in [-0.25, -0.2) is 0 Å². The molecule has 108 valence electrons. The Kier molecular flexibility index (Phi) is 16.7. The summed E-state index contributed by atoms with van der Waals surface area (Å²) in [7, 11) is 0. The zero-order valence-electron chi connectivity index (χ0n) is 10.8. The van der Waals surface area contributed by atoms with Crippen LogP contribution in [0.5, 0.6) is 0 Å². The Labute approximate surface area is 117 Å². The number of rotatable bonds is 15. The Bertz CT molecular complexity index is 169. The predicted molar refractivity (Wildman–Crippen MR) is 73.2 cm³/mol. The molecule has 0 atom stereocenters. The molecule has 0 aromatic heterocycles. The first-order chi connectivity index (χ1) is 8.91. The molecule has 0 aromatic rings. The van der Waals surface area contributed by atoms with Crippen LogP contribution in [-0.2, 0) is 23.7 Å². The molecule has 6 heteroatoms. The SMILES string of the molecule is C=COCCOCCOCCOCCOCCBr. The standard InChI is InChI=1S/C12H23BrO5/c1-2-14-5-6-16-9-10-18-12-11-17-8-7-15-4-3-13/h2H,1,3-12H2. The van der Waals surface area contributed by atoms with E-state index in [-0.39, 0.29) is 0 Å². The predicted octanol–water partition coefficient (Wildman–Crippen LogP) is 1.61. The van der Waals surface area contributed by atoms with Crippen LogP contribution >= 0.6 is 15.9 Å². The first kappa shape index (κ1) is 17.9. The maximum Gasteiger partial charge on any atom is 0.111 e. The number of ether oxygens (including phenoxy) is 5. The smallest absolute Gasteiger partial charge is 0.111 e. The Morgan fingerprint density at radius 3 is 1.44 bits per heavy atom. The largest absolute Gasteiger partial charge is 0.499 e. The highest BCUT2D eigenvalue weighted by Gasteiger charge is 1.92. The van der Waals surface area contributed by atoms with Crippen LogP contribution in [0.25, 0.3) is 0 Å². The molecule has 0 amide bonds. The third-order valence-corrected chi connectivity index (χ3v) is 2.12. The average Bonchev–Trinajstić information content (AvgIpc) is 2.39. The fourth-order valence-corrected chi connectivity index (χ4v) is 1.24. The van der Waals surface area contributed by atoms with E-state index in [9.17, 15) is 0 Å². The Hall–Kier alpha value is -0.140. The quantitative estimate of drug-likeness (QED) is 0.260. The number of alkyl halides is 1. The molecule has 0 aliphatic carbocycles. The second-order valence-corrected chi connectivity index (χ2v) is 3.97. The summed E-state index contributed by atoms with van der Waals surface area (Å²) in [5.74, 6) is 0. The van der Waals surface area contributed by atoms with E-state index in [2.05, 4.69) is 22.5 Å². The molecule has 0 aliphatic heterocycles. The van der Waals surface area contributed by atoms with Crippen LogP contribution in [0, 0.1) is 0 Å². The van der Waals surface area contributed by atoms with Gasteiger partial charge in [-0.1, -0.05) is 22.5 Å². The number of hydrogen-bond acceptors (Lipinski definition) is 5. The van der Waals surface area contributed by atoms with Crippen molar-refractivity contribution in [1.29, 1.82) is 0 Å². The second kappa shape index (κ2) is 16.9. The van der Waals surface area contributed by atoms with Crippen molar-refractivity contribution in [2.24, 2.45) is 0 Å². The molecule has 0 fully saturated rings. The van der Waals surface area contributed by atoms with Crippen molar-refractivity contribution in [2.75, 3.05) is 64.8 Å². The molecule has 0 heterocycles. The molecule has 5 nitrogen and oxygen atoms in total. The van der Waals surface area contributed by atoms with Crippen LogP contribution in [-0.4, -0.2) is 64.8 Å². The van der Waals surface area contributed by atoms with Crippen LogP contribution in [0.2, 0.25) is 0 Å². The number of halogens is 1. The minimum Gasteiger partial charge on any atom is -0.499 e. The molecule has 0 aromatic carbocycles. The minimum absolute atomic E-state index is 0.529. The highest BCUT2D eigenvalue weighted by Crippen LogP contribution is 1.85. The summed E-state index contributed by atoms with van der Waals surface area (Å²) in [5.41, 5.74) is 0. The average molecular weight is 327 g/mol. The van der Waals surface area contributed by atoms with Gasteiger partial charge in [0.1, 0.15) is 6.61 Å². The van der Waals surface area contributed by atoms with E-state index < -0.39 is 0 Å². The van der Waals surface area contributed by atoms with Gasteiger partial charge in [-0.05, 0) is 0 Å². The molecule has 0 saturated heterocycles. The van der Waals surface area contributed by atoms with Crippen LogP contribution in [0.4, 0.5) is 0 Å². The van der Waals surface area contributed by atoms with E-state index in [1.165, 1.54) is 6.26 Å². The van der Waals surface area contributed by atoms with E-state index in [1.807, 2.05) is 0 Å². The topological polar surface area (TPSA) is 46.2 Å². The van der Waals surface area contributed by atoms with Crippen LogP contribution < -0.4 is 0 Å². The van der Waals surface area contributed by atoms with Gasteiger partial charge in [-0.3, -0.25) is 0 Å². The molecule has 0 bridgehead atoms. The molecule has 0 rings (SSSR count). The maximum atomic E-state index is 5.31. The van der Waals surface area contributed by atoms with Gasteiger partial charge in [-0.15, -0.1) is 0 Å². The summed E-state index contributed by atoms with van der Waals surface area (Å²) in [6.45, 7) is 8.74. The van der Waals surface area contributed by atoms with Crippen molar-refractivity contribution < 1.29 is 23.7 Å². The zero-order chi connectivity index (χ0) is 13.3. The van der Waals surface area contributed by atoms with Crippen LogP contribution in [0.15, 0.2) is 12.8 Å². The van der Waals surface area contributed by atoms with Crippen LogP contribution in [0.1, 0.15) is 0 Å². The third-order valence-electron chi connectivity index (χ3n) is 1.80. The third kappa shape index (κ3) is 15.9. The maximum absolute atomic E-state index is 5.31. The fourth-order valence-electron chi connectivity index (χ4n) is 1.01. The van der Waals surface area contributed by atoms with Crippen molar-refractivity contribution in [3.63, 3.8) is 0 Å². The lowest BCUT2D eigenvalue weighted by molar-refractivity contribution is -0.00479. The first-order valence-electron chi connectivity index (χ1n) is 6.01. The number of hydrogen-bond donors (Lipinski definition) is 0. The van der Waals surface area contributed by atoms with Crippen molar-refractivity contribution in [2.45, 2.75) is 0 Å². The summed E-state index contributed by atoms with van der Waals surface area (Å²) in [4.78, 5) is 0. The Morgan fingerprint density at radius 2 is 1.06 bits per heavy atom. The van der Waals surface area contributed by atoms with Crippen molar-refractivity contribution >= 4 is 15.9 Å². The lowest BCUT2D eigenvalue weighted by Crippen LogP contribution is -2.13. The summed E-state index contributed by atoms with van der Waals surface area (Å²) >= 11 is 3.28. The molecule has 18 heavy (non-hydrogen) atoms. The van der Waals surface area contributed by atoms with Crippen molar-refractivity contribution in [1.82, 2.24) is 0 Å². The summed E-state index contributed by atoms with van der Waals surface area (Å²) in [6, 6.07) is 0. The van der Waals surface area contributed by atoms with E-state index in [0.29, 0.717) is 59.5 Å². The van der Waals surface area contributed by atoms with Crippen LogP contribution in [0.3, 0.4) is 0 Å². The second-order valence-electron chi connectivity index (χ2n) is 3.18. The Balaban J connectivity index is 2.88. The van der Waals surface area contributed by atoms with E-state index in [0.717, 1.165) is 5.33 Å². The van der Waals surface area contributed by atoms with Crippen molar-refractivity contribution in [3.05, 3.63) is 12.8 Å². The highest BCUT2D eigenvalue weighted by molar-refractivity contribution is 9.09. The van der Waals surface area contributed by atoms with Gasteiger partial charge in [0.25, 0.3) is 0 Å². The molecule has 0 unspecified atom stereocenters. The minimum atomic E-state index is 0.529. The lowest BCUT2D eigenvalue weighted by Gasteiger charge is -2.07. The molecule has 0 aliphatic rings. The molecule has 0 saturated carbocycles. The normalized spacial score (nSPS) is 10.5. The summed E-state index contributed by atoms with van der Waals surface area (Å²) in [5, 5.41) is 0.855. The Morgan fingerprint density at radius 1 is 0.667 bits per heavy atom. The fraction of sp³-hybridized carbons (Fsp3) is 0.833. The highest BCUT2D eigenvalue weighted by atomic mass is 79.9. The van der Waals surface area contributed by atoms with Gasteiger partial charge in [0.2, 0.25) is 0 Å². The molecule has 0 radical (unpaired) electrons. The lowest BCUT2D eigenvalue weighted by atomic mass is 10.7. The van der Waals surface area contributed by atoms with Gasteiger partial charge in [0.15, 0.2) is 0 Å². The molecule has 0 N–H and O–H groups in total. The summed E-state index contributed by atoms with van der Waals surface area (Å²) in [6.07, 6.45) is 1.40. The molecule has 0 spiro atoms. The van der Waals surface area contributed by atoms with Gasteiger partial charge < -0.3 is 23.7 Å². The monoisotopic (exact) mass is 326 g/mol. The van der Waals surface area contributed by atoms with E-state index in [1.54, 1.807) is 0 Å². The van der Waals surface area contributed by atoms with Gasteiger partial charge in [0, 0.05) is 5.33 Å². The van der Waals surface area contributed by atoms with E-state index >= 15 is 0 Å². The van der Waals surface area contributed by atoms with Gasteiger partial charge in [-0.2, -0.15) is 0 Å². The van der Waals surface area contributed by atoms with Crippen molar-refractivity contribution in [3.8, 4) is 0 Å². The molecular formula is C12H23BrO5. The van der Waals surface area contributed by atoms with Gasteiger partial charge in [0.05, 0.1) is 59.1 Å². The van der Waals surface area contributed by atoms with Gasteiger partial charge >= 0.3 is 0 Å². The first-order valence-corrected chi connectivity index (χ1v) is 7.13. The zero-order valence-corrected chi connectivity index (χ0v) is 12.4.